The Hall–Kier alpha value is -1.45. The molecule has 2 rings (SSSR count). The fourth-order valence-electron chi connectivity index (χ4n) is 1.85. The van der Waals surface area contributed by atoms with Crippen molar-refractivity contribution in [2.24, 2.45) is 0 Å². The molecule has 2 aromatic rings. The molecule has 0 aromatic heterocycles. The fourth-order valence-corrected chi connectivity index (χ4v) is 2.08. The lowest BCUT2D eigenvalue weighted by molar-refractivity contribution is 0.540. The molecule has 1 nitrogen and oxygen atoms in total. The number of rotatable bonds is 4. The Morgan fingerprint density at radius 3 is 2.58 bits per heavy atom. The Morgan fingerprint density at radius 2 is 1.89 bits per heavy atom. The highest BCUT2D eigenvalue weighted by atomic mass is 35.5. The van der Waals surface area contributed by atoms with Gasteiger partial charge in [-0.15, -0.1) is 0 Å². The molecule has 0 aliphatic carbocycles. The first-order valence-corrected chi connectivity index (χ1v) is 6.37. The van der Waals surface area contributed by atoms with E-state index in [1.54, 1.807) is 18.2 Å². The second-order valence-corrected chi connectivity index (χ2v) is 4.77. The molecule has 0 aliphatic rings. The predicted molar refractivity (Wildman–Crippen MR) is 73.1 cm³/mol. The summed E-state index contributed by atoms with van der Waals surface area (Å²) in [6.45, 7) is 2.19. The van der Waals surface area contributed by atoms with Crippen molar-refractivity contribution in [3.05, 3.63) is 70.2 Å². The minimum absolute atomic E-state index is 0.0913. The van der Waals surface area contributed by atoms with Gasteiger partial charge in [0.15, 0.2) is 0 Å². The van der Waals surface area contributed by atoms with Crippen LogP contribution in [0.1, 0.15) is 24.1 Å². The van der Waals surface area contributed by atoms with Gasteiger partial charge in [0, 0.05) is 23.2 Å². The molecule has 4 heteroatoms. The second-order valence-electron chi connectivity index (χ2n) is 4.36. The standard InChI is InChI=1S/C15H14ClF2N/c1-10(11-4-2-5-12(17)8-11)19-9-13-14(16)6-3-7-15(13)18/h2-8,10,19H,9H2,1H3/t10-/m0/s1. The predicted octanol–water partition coefficient (Wildman–Crippen LogP) is 4.47. The molecule has 0 amide bonds. The van der Waals surface area contributed by atoms with Gasteiger partial charge in [-0.05, 0) is 36.8 Å². The van der Waals surface area contributed by atoms with Crippen LogP contribution in [-0.2, 0) is 6.54 Å². The minimum Gasteiger partial charge on any atom is -0.306 e. The van der Waals surface area contributed by atoms with Crippen molar-refractivity contribution in [3.8, 4) is 0 Å². The summed E-state index contributed by atoms with van der Waals surface area (Å²) in [5.41, 5.74) is 1.24. The second kappa shape index (κ2) is 6.13. The van der Waals surface area contributed by atoms with E-state index in [0.717, 1.165) is 5.56 Å². The highest BCUT2D eigenvalue weighted by Gasteiger charge is 2.10. The van der Waals surface area contributed by atoms with E-state index in [2.05, 4.69) is 5.32 Å². The SMILES string of the molecule is C[C@H](NCc1c(F)cccc1Cl)c1cccc(F)c1. The van der Waals surface area contributed by atoms with Gasteiger partial charge in [-0.1, -0.05) is 29.8 Å². The third kappa shape index (κ3) is 3.52. The average molecular weight is 282 g/mol. The summed E-state index contributed by atoms with van der Waals surface area (Å²) >= 11 is 5.94. The number of hydrogen-bond donors (Lipinski definition) is 1. The zero-order chi connectivity index (χ0) is 13.8. The summed E-state index contributed by atoms with van der Waals surface area (Å²) in [5.74, 6) is -0.624. The maximum Gasteiger partial charge on any atom is 0.129 e. The minimum atomic E-state index is -0.341. The lowest BCUT2D eigenvalue weighted by atomic mass is 10.1. The number of halogens is 3. The van der Waals surface area contributed by atoms with E-state index in [0.29, 0.717) is 17.1 Å². The van der Waals surface area contributed by atoms with E-state index >= 15 is 0 Å². The molecule has 0 bridgehead atoms. The van der Waals surface area contributed by atoms with E-state index in [1.807, 2.05) is 13.0 Å². The normalized spacial score (nSPS) is 12.4. The topological polar surface area (TPSA) is 12.0 Å². The van der Waals surface area contributed by atoms with Gasteiger partial charge in [-0.2, -0.15) is 0 Å². The van der Waals surface area contributed by atoms with Crippen LogP contribution in [0.25, 0.3) is 0 Å². The summed E-state index contributed by atoms with van der Waals surface area (Å²) in [7, 11) is 0. The molecule has 2 aromatic carbocycles. The van der Waals surface area contributed by atoms with Crippen molar-refractivity contribution < 1.29 is 8.78 Å². The third-order valence-electron chi connectivity index (χ3n) is 3.00. The first-order chi connectivity index (χ1) is 9.08. The highest BCUT2D eigenvalue weighted by Crippen LogP contribution is 2.20. The van der Waals surface area contributed by atoms with Gasteiger partial charge in [0.25, 0.3) is 0 Å². The molecule has 1 N–H and O–H groups in total. The Morgan fingerprint density at radius 1 is 1.16 bits per heavy atom. The summed E-state index contributed by atoms with van der Waals surface area (Å²) < 4.78 is 26.7. The molecule has 100 valence electrons. The molecule has 0 radical (unpaired) electrons. The van der Waals surface area contributed by atoms with E-state index < -0.39 is 0 Å². The zero-order valence-electron chi connectivity index (χ0n) is 10.5. The largest absolute Gasteiger partial charge is 0.306 e. The van der Waals surface area contributed by atoms with Crippen LogP contribution >= 0.6 is 11.6 Å². The lowest BCUT2D eigenvalue weighted by Gasteiger charge is -2.15. The van der Waals surface area contributed by atoms with Crippen LogP contribution in [0.4, 0.5) is 8.78 Å². The van der Waals surface area contributed by atoms with Gasteiger partial charge in [0.2, 0.25) is 0 Å². The fraction of sp³-hybridized carbons (Fsp3) is 0.200. The van der Waals surface area contributed by atoms with Crippen LogP contribution in [0.15, 0.2) is 42.5 Å². The van der Waals surface area contributed by atoms with Gasteiger partial charge in [0.1, 0.15) is 11.6 Å². The van der Waals surface area contributed by atoms with Crippen LogP contribution in [0, 0.1) is 11.6 Å². The van der Waals surface area contributed by atoms with Crippen molar-refractivity contribution in [1.82, 2.24) is 5.32 Å². The molecular weight excluding hydrogens is 268 g/mol. The monoisotopic (exact) mass is 281 g/mol. The molecular formula is C15H14ClF2N. The smallest absolute Gasteiger partial charge is 0.129 e. The van der Waals surface area contributed by atoms with Gasteiger partial charge in [-0.25, -0.2) is 8.78 Å². The van der Waals surface area contributed by atoms with Crippen LogP contribution in [0.2, 0.25) is 5.02 Å². The molecule has 0 unspecified atom stereocenters. The van der Waals surface area contributed by atoms with Crippen molar-refractivity contribution in [1.29, 1.82) is 0 Å². The van der Waals surface area contributed by atoms with Gasteiger partial charge >= 0.3 is 0 Å². The number of benzene rings is 2. The zero-order valence-corrected chi connectivity index (χ0v) is 11.2. The molecule has 0 saturated carbocycles. The van der Waals surface area contributed by atoms with E-state index in [1.165, 1.54) is 18.2 Å². The molecule has 0 aliphatic heterocycles. The Balaban J connectivity index is 2.06. The van der Waals surface area contributed by atoms with Gasteiger partial charge in [0.05, 0.1) is 0 Å². The molecule has 0 spiro atoms. The Bertz CT molecular complexity index is 552. The Kier molecular flexibility index (Phi) is 4.51. The van der Waals surface area contributed by atoms with Gasteiger partial charge < -0.3 is 5.32 Å². The van der Waals surface area contributed by atoms with E-state index in [-0.39, 0.29) is 17.7 Å². The first kappa shape index (κ1) is 14.0. The van der Waals surface area contributed by atoms with Crippen molar-refractivity contribution >= 4 is 11.6 Å². The molecule has 0 fully saturated rings. The Labute approximate surface area is 116 Å². The quantitative estimate of drug-likeness (QED) is 0.872. The highest BCUT2D eigenvalue weighted by molar-refractivity contribution is 6.31. The van der Waals surface area contributed by atoms with E-state index in [9.17, 15) is 8.78 Å². The van der Waals surface area contributed by atoms with Crippen LogP contribution in [0.5, 0.6) is 0 Å². The third-order valence-corrected chi connectivity index (χ3v) is 3.35. The summed E-state index contributed by atoms with van der Waals surface area (Å²) in [6.07, 6.45) is 0. The summed E-state index contributed by atoms with van der Waals surface area (Å²) in [5, 5.41) is 3.52. The van der Waals surface area contributed by atoms with E-state index in [4.69, 9.17) is 11.6 Å². The maximum atomic E-state index is 13.6. The average Bonchev–Trinajstić information content (AvgIpc) is 2.38. The maximum absolute atomic E-state index is 13.6. The van der Waals surface area contributed by atoms with Crippen LogP contribution in [0.3, 0.4) is 0 Å². The lowest BCUT2D eigenvalue weighted by Crippen LogP contribution is -2.19. The molecule has 19 heavy (non-hydrogen) atoms. The molecule has 0 saturated heterocycles. The van der Waals surface area contributed by atoms with Crippen molar-refractivity contribution in [2.45, 2.75) is 19.5 Å². The number of hydrogen-bond acceptors (Lipinski definition) is 1. The van der Waals surface area contributed by atoms with Crippen molar-refractivity contribution in [3.63, 3.8) is 0 Å². The number of nitrogens with one attached hydrogen (secondary N) is 1. The summed E-state index contributed by atoms with van der Waals surface area (Å²) in [6, 6.07) is 10.8. The molecule has 1 atom stereocenters. The van der Waals surface area contributed by atoms with Gasteiger partial charge in [-0.3, -0.25) is 0 Å². The molecule has 0 heterocycles. The first-order valence-electron chi connectivity index (χ1n) is 5.99. The summed E-state index contributed by atoms with van der Waals surface area (Å²) in [4.78, 5) is 0. The van der Waals surface area contributed by atoms with Crippen LogP contribution < -0.4 is 5.32 Å². The van der Waals surface area contributed by atoms with Crippen LogP contribution in [-0.4, -0.2) is 0 Å². The van der Waals surface area contributed by atoms with Crippen molar-refractivity contribution in [2.75, 3.05) is 0 Å².